The molecular formula is C14H13BrFNO. The molecule has 0 amide bonds. The minimum Gasteiger partial charge on any atom is -0.508 e. The SMILES string of the molecule is Cc1ccc(NCc2cc(Br)ccc2O)cc1F. The van der Waals surface area contributed by atoms with Crippen LogP contribution in [0.15, 0.2) is 40.9 Å². The van der Waals surface area contributed by atoms with Crippen LogP contribution in [-0.4, -0.2) is 5.11 Å². The summed E-state index contributed by atoms with van der Waals surface area (Å²) in [5.74, 6) is -0.0169. The molecule has 0 radical (unpaired) electrons. The lowest BCUT2D eigenvalue weighted by atomic mass is 10.2. The monoisotopic (exact) mass is 309 g/mol. The summed E-state index contributed by atoms with van der Waals surface area (Å²) >= 11 is 3.34. The Bertz CT molecular complexity index is 572. The summed E-state index contributed by atoms with van der Waals surface area (Å²) in [7, 11) is 0. The van der Waals surface area contributed by atoms with Crippen LogP contribution in [0.25, 0.3) is 0 Å². The van der Waals surface area contributed by atoms with Crippen molar-refractivity contribution in [2.45, 2.75) is 13.5 Å². The zero-order valence-corrected chi connectivity index (χ0v) is 11.5. The van der Waals surface area contributed by atoms with Gasteiger partial charge in [-0.2, -0.15) is 0 Å². The Balaban J connectivity index is 2.11. The quantitative estimate of drug-likeness (QED) is 0.890. The van der Waals surface area contributed by atoms with Gasteiger partial charge in [0.15, 0.2) is 0 Å². The standard InChI is InChI=1S/C14H13BrFNO/c1-9-2-4-12(7-13(9)16)17-8-10-6-11(15)3-5-14(10)18/h2-7,17-18H,8H2,1H3. The summed E-state index contributed by atoms with van der Waals surface area (Å²) < 4.78 is 14.2. The summed E-state index contributed by atoms with van der Waals surface area (Å²) in [5, 5.41) is 12.8. The smallest absolute Gasteiger partial charge is 0.128 e. The van der Waals surface area contributed by atoms with Gasteiger partial charge < -0.3 is 10.4 Å². The van der Waals surface area contributed by atoms with E-state index in [1.54, 1.807) is 25.1 Å². The molecule has 4 heteroatoms. The summed E-state index contributed by atoms with van der Waals surface area (Å²) in [6.45, 7) is 2.16. The zero-order chi connectivity index (χ0) is 13.1. The number of phenolic OH excluding ortho intramolecular Hbond substituents is 1. The molecule has 0 fully saturated rings. The molecule has 2 nitrogen and oxygen atoms in total. The zero-order valence-electron chi connectivity index (χ0n) is 9.87. The van der Waals surface area contributed by atoms with E-state index in [4.69, 9.17) is 0 Å². The first-order chi connectivity index (χ1) is 8.56. The van der Waals surface area contributed by atoms with Crippen molar-refractivity contribution in [3.63, 3.8) is 0 Å². The molecule has 0 saturated heterocycles. The van der Waals surface area contributed by atoms with E-state index < -0.39 is 0 Å². The van der Waals surface area contributed by atoms with Crippen LogP contribution in [-0.2, 0) is 6.54 Å². The predicted molar refractivity (Wildman–Crippen MR) is 74.3 cm³/mol. The largest absolute Gasteiger partial charge is 0.508 e. The fourth-order valence-electron chi connectivity index (χ4n) is 1.60. The third-order valence-corrected chi connectivity index (χ3v) is 3.19. The fourth-order valence-corrected chi connectivity index (χ4v) is 2.00. The van der Waals surface area contributed by atoms with E-state index in [-0.39, 0.29) is 11.6 Å². The molecule has 0 aliphatic heterocycles. The lowest BCUT2D eigenvalue weighted by Gasteiger charge is -2.09. The van der Waals surface area contributed by atoms with E-state index in [2.05, 4.69) is 21.2 Å². The third kappa shape index (κ3) is 3.01. The van der Waals surface area contributed by atoms with Crippen molar-refractivity contribution in [1.29, 1.82) is 0 Å². The fraction of sp³-hybridized carbons (Fsp3) is 0.143. The minimum absolute atomic E-state index is 0.221. The maximum Gasteiger partial charge on any atom is 0.128 e. The van der Waals surface area contributed by atoms with Crippen molar-refractivity contribution in [3.05, 3.63) is 57.8 Å². The number of aromatic hydroxyl groups is 1. The Kier molecular flexibility index (Phi) is 3.87. The molecule has 18 heavy (non-hydrogen) atoms. The first-order valence-corrected chi connectivity index (χ1v) is 6.33. The van der Waals surface area contributed by atoms with Crippen molar-refractivity contribution in [2.75, 3.05) is 5.32 Å². The molecule has 0 bridgehead atoms. The maximum absolute atomic E-state index is 13.4. The molecule has 0 aliphatic carbocycles. The van der Waals surface area contributed by atoms with Crippen LogP contribution in [0.4, 0.5) is 10.1 Å². The highest BCUT2D eigenvalue weighted by atomic mass is 79.9. The van der Waals surface area contributed by atoms with Crippen LogP contribution in [0.5, 0.6) is 5.75 Å². The number of halogens is 2. The molecule has 0 atom stereocenters. The Morgan fingerprint density at radius 2 is 2.00 bits per heavy atom. The molecule has 0 heterocycles. The first kappa shape index (κ1) is 12.9. The van der Waals surface area contributed by atoms with Gasteiger partial charge in [0.25, 0.3) is 0 Å². The van der Waals surface area contributed by atoms with Crippen molar-refractivity contribution < 1.29 is 9.50 Å². The van der Waals surface area contributed by atoms with Gasteiger partial charge in [0.2, 0.25) is 0 Å². The molecular weight excluding hydrogens is 297 g/mol. The van der Waals surface area contributed by atoms with E-state index in [1.807, 2.05) is 12.1 Å². The average Bonchev–Trinajstić information content (AvgIpc) is 2.34. The summed E-state index contributed by atoms with van der Waals surface area (Å²) in [5.41, 5.74) is 2.06. The molecule has 2 N–H and O–H groups in total. The van der Waals surface area contributed by atoms with E-state index in [0.29, 0.717) is 17.8 Å². The van der Waals surface area contributed by atoms with Gasteiger partial charge in [-0.25, -0.2) is 4.39 Å². The van der Waals surface area contributed by atoms with E-state index in [1.165, 1.54) is 6.07 Å². The summed E-state index contributed by atoms with van der Waals surface area (Å²) in [6, 6.07) is 10.2. The Morgan fingerprint density at radius 3 is 2.72 bits per heavy atom. The Hall–Kier alpha value is -1.55. The lowest BCUT2D eigenvalue weighted by Crippen LogP contribution is -2.00. The number of benzene rings is 2. The third-order valence-electron chi connectivity index (χ3n) is 2.70. The summed E-state index contributed by atoms with van der Waals surface area (Å²) in [6.07, 6.45) is 0. The topological polar surface area (TPSA) is 32.3 Å². The molecule has 0 spiro atoms. The van der Waals surface area contributed by atoms with Gasteiger partial charge in [0, 0.05) is 22.3 Å². The number of nitrogens with one attached hydrogen (secondary N) is 1. The molecule has 2 rings (SSSR count). The van der Waals surface area contributed by atoms with Crippen molar-refractivity contribution >= 4 is 21.6 Å². The molecule has 0 unspecified atom stereocenters. The highest BCUT2D eigenvalue weighted by molar-refractivity contribution is 9.10. The van der Waals surface area contributed by atoms with Crippen LogP contribution >= 0.6 is 15.9 Å². The maximum atomic E-state index is 13.4. The number of hydrogen-bond acceptors (Lipinski definition) is 2. The normalized spacial score (nSPS) is 10.4. The lowest BCUT2D eigenvalue weighted by molar-refractivity contribution is 0.469. The number of anilines is 1. The van der Waals surface area contributed by atoms with Crippen molar-refractivity contribution in [3.8, 4) is 5.75 Å². The number of phenols is 1. The van der Waals surface area contributed by atoms with Crippen LogP contribution in [0.1, 0.15) is 11.1 Å². The predicted octanol–water partition coefficient (Wildman–Crippen LogP) is 4.21. The van der Waals surface area contributed by atoms with Gasteiger partial charge in [-0.15, -0.1) is 0 Å². The van der Waals surface area contributed by atoms with Gasteiger partial charge in [0.1, 0.15) is 11.6 Å². The van der Waals surface area contributed by atoms with Gasteiger partial charge in [-0.05, 0) is 42.8 Å². The molecule has 2 aromatic carbocycles. The number of rotatable bonds is 3. The van der Waals surface area contributed by atoms with E-state index in [9.17, 15) is 9.50 Å². The van der Waals surface area contributed by atoms with Crippen LogP contribution in [0.2, 0.25) is 0 Å². The van der Waals surface area contributed by atoms with Crippen LogP contribution in [0, 0.1) is 12.7 Å². The van der Waals surface area contributed by atoms with Crippen molar-refractivity contribution in [2.24, 2.45) is 0 Å². The Labute approximate surface area is 114 Å². The van der Waals surface area contributed by atoms with Crippen molar-refractivity contribution in [1.82, 2.24) is 0 Å². The highest BCUT2D eigenvalue weighted by Crippen LogP contribution is 2.23. The minimum atomic E-state index is -0.238. The van der Waals surface area contributed by atoms with Gasteiger partial charge in [-0.1, -0.05) is 22.0 Å². The van der Waals surface area contributed by atoms with E-state index >= 15 is 0 Å². The van der Waals surface area contributed by atoms with E-state index in [0.717, 1.165) is 10.0 Å². The van der Waals surface area contributed by atoms with Crippen LogP contribution < -0.4 is 5.32 Å². The second-order valence-corrected chi connectivity index (χ2v) is 5.01. The van der Waals surface area contributed by atoms with Gasteiger partial charge >= 0.3 is 0 Å². The second-order valence-electron chi connectivity index (χ2n) is 4.09. The van der Waals surface area contributed by atoms with Gasteiger partial charge in [-0.3, -0.25) is 0 Å². The number of hydrogen-bond donors (Lipinski definition) is 2. The molecule has 0 aliphatic rings. The highest BCUT2D eigenvalue weighted by Gasteiger charge is 2.03. The Morgan fingerprint density at radius 1 is 1.22 bits per heavy atom. The first-order valence-electron chi connectivity index (χ1n) is 5.53. The molecule has 94 valence electrons. The second kappa shape index (κ2) is 5.40. The van der Waals surface area contributed by atoms with Crippen LogP contribution in [0.3, 0.4) is 0 Å². The number of aryl methyl sites for hydroxylation is 1. The van der Waals surface area contributed by atoms with Gasteiger partial charge in [0.05, 0.1) is 0 Å². The average molecular weight is 310 g/mol. The summed E-state index contributed by atoms with van der Waals surface area (Å²) in [4.78, 5) is 0. The molecule has 0 aromatic heterocycles. The molecule has 2 aromatic rings. The molecule has 0 saturated carbocycles.